The van der Waals surface area contributed by atoms with Gasteiger partial charge in [-0.1, -0.05) is 0 Å². The van der Waals surface area contributed by atoms with E-state index < -0.39 is 6.17 Å². The van der Waals surface area contributed by atoms with Gasteiger partial charge in [0.05, 0.1) is 22.8 Å². The lowest BCUT2D eigenvalue weighted by Gasteiger charge is -2.15. The first-order valence-corrected chi connectivity index (χ1v) is 9.51. The van der Waals surface area contributed by atoms with Crippen LogP contribution in [0.15, 0.2) is 42.7 Å². The lowest BCUT2D eigenvalue weighted by molar-refractivity contribution is 0.314. The summed E-state index contributed by atoms with van der Waals surface area (Å²) in [5.74, 6) is 1.04. The summed E-state index contributed by atoms with van der Waals surface area (Å²) in [5, 5.41) is 10.8. The first-order valence-electron chi connectivity index (χ1n) is 9.51. The fourth-order valence-electron chi connectivity index (χ4n) is 3.83. The van der Waals surface area contributed by atoms with Crippen LogP contribution in [0.1, 0.15) is 0 Å². The predicted octanol–water partition coefficient (Wildman–Crippen LogP) is 2.45. The minimum atomic E-state index is -0.951. The largest absolute Gasteiger partial charge is 0.371 e. The van der Waals surface area contributed by atoms with E-state index in [9.17, 15) is 4.39 Å². The molecule has 0 saturated carbocycles. The number of hydrogen-bond donors (Lipinski definition) is 2. The molecule has 0 bridgehead atoms. The third-order valence-electron chi connectivity index (χ3n) is 5.23. The molecule has 1 saturated heterocycles. The Morgan fingerprint density at radius 1 is 1.10 bits per heavy atom. The predicted molar refractivity (Wildman–Crippen MR) is 111 cm³/mol. The number of likely N-dealkylation sites (tertiary alicyclic amines) is 1. The van der Waals surface area contributed by atoms with E-state index in [1.54, 1.807) is 10.7 Å². The Morgan fingerprint density at radius 2 is 2.00 bits per heavy atom. The van der Waals surface area contributed by atoms with Gasteiger partial charge in [0.1, 0.15) is 11.7 Å². The van der Waals surface area contributed by atoms with Gasteiger partial charge in [0.25, 0.3) is 0 Å². The van der Waals surface area contributed by atoms with E-state index in [1.165, 1.54) is 0 Å². The van der Waals surface area contributed by atoms with E-state index in [2.05, 4.69) is 25.7 Å². The van der Waals surface area contributed by atoms with E-state index in [0.717, 1.165) is 27.8 Å². The monoisotopic (exact) mass is 392 g/mol. The molecule has 9 heteroatoms. The van der Waals surface area contributed by atoms with E-state index >= 15 is 0 Å². The van der Waals surface area contributed by atoms with Gasteiger partial charge < -0.3 is 15.5 Å². The Bertz CT molecular complexity index is 1190. The van der Waals surface area contributed by atoms with Crippen LogP contribution in [0.2, 0.25) is 0 Å². The molecule has 0 aromatic carbocycles. The Hall–Kier alpha value is -3.33. The third kappa shape index (κ3) is 3.13. The van der Waals surface area contributed by atoms with Crippen LogP contribution >= 0.6 is 0 Å². The standard InChI is InChI=1S/C20H21FN8/c1-22-19-18-12(14-5-6-15-16(24-14)4-3-8-23-15)7-9-29(18)27-20(26-19)25-17-11-28(2)10-13(17)21/h3-9,13,17H,10-11H2,1-2H3,(H2,22,25,26,27)/t13-,17+/m0/s1. The van der Waals surface area contributed by atoms with Gasteiger partial charge in [0.2, 0.25) is 5.95 Å². The molecule has 0 radical (unpaired) electrons. The molecule has 1 fully saturated rings. The SMILES string of the molecule is CNc1nc(N[C@@H]2CN(C)C[C@@H]2F)nn2ccc(-c3ccc4ncccc4n3)c12. The van der Waals surface area contributed by atoms with Crippen molar-refractivity contribution in [3.8, 4) is 11.3 Å². The summed E-state index contributed by atoms with van der Waals surface area (Å²) in [6, 6.07) is 9.34. The number of anilines is 2. The van der Waals surface area contributed by atoms with Crippen LogP contribution < -0.4 is 10.6 Å². The maximum absolute atomic E-state index is 14.2. The van der Waals surface area contributed by atoms with E-state index in [0.29, 0.717) is 24.9 Å². The van der Waals surface area contributed by atoms with Gasteiger partial charge in [-0.15, -0.1) is 5.10 Å². The van der Waals surface area contributed by atoms with Crippen molar-refractivity contribution in [3.05, 3.63) is 42.7 Å². The van der Waals surface area contributed by atoms with Gasteiger partial charge in [-0.3, -0.25) is 4.98 Å². The van der Waals surface area contributed by atoms with Crippen LogP contribution in [-0.2, 0) is 0 Å². The number of likely N-dealkylation sites (N-methyl/N-ethyl adjacent to an activating group) is 1. The summed E-state index contributed by atoms with van der Waals surface area (Å²) in [5.41, 5.74) is 4.22. The quantitative estimate of drug-likeness (QED) is 0.552. The molecule has 4 aromatic heterocycles. The highest BCUT2D eigenvalue weighted by Gasteiger charge is 2.31. The number of halogens is 1. The van der Waals surface area contributed by atoms with Crippen molar-refractivity contribution in [1.29, 1.82) is 0 Å². The van der Waals surface area contributed by atoms with Crippen LogP contribution in [0.4, 0.5) is 16.2 Å². The zero-order chi connectivity index (χ0) is 20.0. The van der Waals surface area contributed by atoms with Gasteiger partial charge in [-0.05, 0) is 37.4 Å². The van der Waals surface area contributed by atoms with Crippen LogP contribution in [0, 0.1) is 0 Å². The maximum atomic E-state index is 14.2. The molecule has 0 aliphatic carbocycles. The van der Waals surface area contributed by atoms with Crippen LogP contribution in [0.5, 0.6) is 0 Å². The second kappa shape index (κ2) is 6.93. The number of rotatable bonds is 4. The molecule has 8 nitrogen and oxygen atoms in total. The number of hydrogen-bond acceptors (Lipinski definition) is 7. The fourth-order valence-corrected chi connectivity index (χ4v) is 3.83. The van der Waals surface area contributed by atoms with Crippen molar-refractivity contribution < 1.29 is 4.39 Å². The Kier molecular flexibility index (Phi) is 4.24. The van der Waals surface area contributed by atoms with Crippen molar-refractivity contribution in [2.24, 2.45) is 0 Å². The van der Waals surface area contributed by atoms with Gasteiger partial charge in [-0.2, -0.15) is 4.98 Å². The van der Waals surface area contributed by atoms with Crippen molar-refractivity contribution >= 4 is 28.3 Å². The summed E-state index contributed by atoms with van der Waals surface area (Å²) in [6.07, 6.45) is 2.66. The maximum Gasteiger partial charge on any atom is 0.243 e. The van der Waals surface area contributed by atoms with Gasteiger partial charge in [0, 0.05) is 38.1 Å². The molecule has 0 unspecified atom stereocenters. The average molecular weight is 392 g/mol. The second-order valence-electron chi connectivity index (χ2n) is 7.28. The Balaban J connectivity index is 1.56. The third-order valence-corrected chi connectivity index (χ3v) is 5.23. The number of aromatic nitrogens is 5. The summed E-state index contributed by atoms with van der Waals surface area (Å²) < 4.78 is 15.9. The Labute approximate surface area is 166 Å². The lowest BCUT2D eigenvalue weighted by atomic mass is 10.1. The molecular formula is C20H21FN8. The minimum Gasteiger partial charge on any atom is -0.371 e. The highest BCUT2D eigenvalue weighted by molar-refractivity contribution is 5.89. The van der Waals surface area contributed by atoms with E-state index in [4.69, 9.17) is 4.98 Å². The number of alkyl halides is 1. The van der Waals surface area contributed by atoms with Crippen molar-refractivity contribution in [1.82, 2.24) is 29.5 Å². The molecule has 29 heavy (non-hydrogen) atoms. The first kappa shape index (κ1) is 17.7. The van der Waals surface area contributed by atoms with Crippen LogP contribution in [-0.4, -0.2) is 68.9 Å². The first-order chi connectivity index (χ1) is 14.1. The fraction of sp³-hybridized carbons (Fsp3) is 0.300. The van der Waals surface area contributed by atoms with Crippen molar-refractivity contribution in [2.75, 3.05) is 37.8 Å². The molecule has 0 amide bonds. The molecule has 148 valence electrons. The molecule has 4 aromatic rings. The summed E-state index contributed by atoms with van der Waals surface area (Å²) >= 11 is 0. The Morgan fingerprint density at radius 3 is 2.79 bits per heavy atom. The molecule has 2 atom stereocenters. The summed E-state index contributed by atoms with van der Waals surface area (Å²) in [4.78, 5) is 15.6. The van der Waals surface area contributed by atoms with Crippen LogP contribution in [0.25, 0.3) is 27.8 Å². The highest BCUT2D eigenvalue weighted by Crippen LogP contribution is 2.30. The zero-order valence-corrected chi connectivity index (χ0v) is 16.2. The highest BCUT2D eigenvalue weighted by atomic mass is 19.1. The number of nitrogens with one attached hydrogen (secondary N) is 2. The summed E-state index contributed by atoms with van der Waals surface area (Å²) in [6.45, 7) is 1.03. The molecule has 5 rings (SSSR count). The molecule has 5 heterocycles. The normalized spacial score (nSPS) is 19.8. The molecule has 1 aliphatic heterocycles. The molecular weight excluding hydrogens is 371 g/mol. The molecule has 0 spiro atoms. The van der Waals surface area contributed by atoms with E-state index in [1.807, 2.05) is 55.5 Å². The van der Waals surface area contributed by atoms with Gasteiger partial charge >= 0.3 is 0 Å². The lowest BCUT2D eigenvalue weighted by Crippen LogP contribution is -2.30. The molecule has 2 N–H and O–H groups in total. The number of pyridine rings is 2. The summed E-state index contributed by atoms with van der Waals surface area (Å²) in [7, 11) is 3.71. The average Bonchev–Trinajstić information content (AvgIpc) is 3.29. The van der Waals surface area contributed by atoms with Gasteiger partial charge in [0.15, 0.2) is 5.82 Å². The minimum absolute atomic E-state index is 0.327. The van der Waals surface area contributed by atoms with Gasteiger partial charge in [-0.25, -0.2) is 13.9 Å². The van der Waals surface area contributed by atoms with Crippen molar-refractivity contribution in [2.45, 2.75) is 12.2 Å². The second-order valence-corrected chi connectivity index (χ2v) is 7.28. The van der Waals surface area contributed by atoms with Crippen molar-refractivity contribution in [3.63, 3.8) is 0 Å². The molecule has 1 aliphatic rings. The topological polar surface area (TPSA) is 83.3 Å². The van der Waals surface area contributed by atoms with E-state index in [-0.39, 0.29) is 6.04 Å². The van der Waals surface area contributed by atoms with Crippen LogP contribution in [0.3, 0.4) is 0 Å². The number of nitrogens with zero attached hydrogens (tertiary/aromatic N) is 6. The number of fused-ring (bicyclic) bond motifs is 2. The smallest absolute Gasteiger partial charge is 0.243 e. The zero-order valence-electron chi connectivity index (χ0n) is 16.2.